The average molecular weight is 446 g/mol. The molecule has 1 aliphatic heterocycles. The molecule has 0 unspecified atom stereocenters. The summed E-state index contributed by atoms with van der Waals surface area (Å²) < 4.78 is 39.8. The Hall–Kier alpha value is -2.16. The van der Waals surface area contributed by atoms with Crippen molar-refractivity contribution in [2.24, 2.45) is 0 Å². The fourth-order valence-corrected chi connectivity index (χ4v) is 5.34. The number of methoxy groups -OCH3 is 1. The normalized spacial score (nSPS) is 21.6. The van der Waals surface area contributed by atoms with E-state index in [9.17, 15) is 8.42 Å². The predicted octanol–water partition coefficient (Wildman–Crippen LogP) is 3.20. The lowest BCUT2D eigenvalue weighted by Crippen LogP contribution is -2.29. The Morgan fingerprint density at radius 3 is 2.55 bits per heavy atom. The first-order valence-electron chi connectivity index (χ1n) is 10.9. The first kappa shape index (κ1) is 22.0. The minimum Gasteiger partial charge on any atom is -0.479 e. The van der Waals surface area contributed by atoms with Gasteiger partial charge < -0.3 is 14.4 Å². The van der Waals surface area contributed by atoms with Gasteiger partial charge in [-0.15, -0.1) is 0 Å². The topological polar surface area (TPSA) is 80.8 Å². The van der Waals surface area contributed by atoms with E-state index >= 15 is 0 Å². The number of anilines is 1. The average Bonchev–Trinajstić information content (AvgIpc) is 2.91. The number of pyridine rings is 1. The van der Waals surface area contributed by atoms with E-state index in [2.05, 4.69) is 21.7 Å². The zero-order valence-corrected chi connectivity index (χ0v) is 19.2. The number of nitrogens with one attached hydrogen (secondary N) is 1. The SMILES string of the molecule is CCO[C@H]1C[C@@H](c2ccc(S(=O)(=O)Nc3cc4c(nc3OC)CCN(C)CC4)cc2)C1. The largest absolute Gasteiger partial charge is 0.479 e. The maximum atomic E-state index is 13.0. The molecule has 31 heavy (non-hydrogen) atoms. The Morgan fingerprint density at radius 2 is 1.87 bits per heavy atom. The van der Waals surface area contributed by atoms with E-state index in [4.69, 9.17) is 9.47 Å². The Bertz CT molecular complexity index is 1020. The summed E-state index contributed by atoms with van der Waals surface area (Å²) in [5.74, 6) is 0.744. The van der Waals surface area contributed by atoms with E-state index in [0.29, 0.717) is 23.6 Å². The van der Waals surface area contributed by atoms with Crippen molar-refractivity contribution < 1.29 is 17.9 Å². The summed E-state index contributed by atoms with van der Waals surface area (Å²) in [6.07, 6.45) is 3.96. The summed E-state index contributed by atoms with van der Waals surface area (Å²) >= 11 is 0. The van der Waals surface area contributed by atoms with Crippen LogP contribution in [-0.2, 0) is 27.6 Å². The van der Waals surface area contributed by atoms with Gasteiger partial charge in [-0.05, 0) is 68.5 Å². The van der Waals surface area contributed by atoms with Crippen LogP contribution < -0.4 is 9.46 Å². The highest BCUT2D eigenvalue weighted by molar-refractivity contribution is 7.92. The maximum Gasteiger partial charge on any atom is 0.262 e. The van der Waals surface area contributed by atoms with Crippen LogP contribution in [0, 0.1) is 0 Å². The first-order chi connectivity index (χ1) is 14.9. The van der Waals surface area contributed by atoms with Crippen molar-refractivity contribution in [2.75, 3.05) is 38.6 Å². The third-order valence-electron chi connectivity index (χ3n) is 6.25. The smallest absolute Gasteiger partial charge is 0.262 e. The number of sulfonamides is 1. The number of benzene rings is 1. The van der Waals surface area contributed by atoms with Crippen LogP contribution in [0.25, 0.3) is 0 Å². The van der Waals surface area contributed by atoms with Gasteiger partial charge in [-0.25, -0.2) is 13.4 Å². The van der Waals surface area contributed by atoms with Crippen molar-refractivity contribution in [1.29, 1.82) is 0 Å². The molecule has 1 aromatic carbocycles. The molecule has 1 aliphatic carbocycles. The van der Waals surface area contributed by atoms with Gasteiger partial charge in [0.1, 0.15) is 5.69 Å². The minimum absolute atomic E-state index is 0.230. The molecule has 0 bridgehead atoms. The second-order valence-electron chi connectivity index (χ2n) is 8.37. The lowest BCUT2D eigenvalue weighted by Gasteiger charge is -2.35. The number of likely N-dealkylation sites (N-methyl/N-ethyl adjacent to an activating group) is 1. The lowest BCUT2D eigenvalue weighted by atomic mass is 9.77. The monoisotopic (exact) mass is 445 g/mol. The van der Waals surface area contributed by atoms with Crippen LogP contribution >= 0.6 is 0 Å². The Kier molecular flexibility index (Phi) is 6.50. The van der Waals surface area contributed by atoms with E-state index in [-0.39, 0.29) is 4.90 Å². The number of ether oxygens (including phenoxy) is 2. The van der Waals surface area contributed by atoms with Crippen LogP contribution in [0.1, 0.15) is 42.5 Å². The van der Waals surface area contributed by atoms with Gasteiger partial charge in [-0.3, -0.25) is 4.72 Å². The minimum atomic E-state index is -3.75. The molecule has 1 fully saturated rings. The van der Waals surface area contributed by atoms with E-state index in [1.54, 1.807) is 12.1 Å². The molecule has 0 radical (unpaired) electrons. The fourth-order valence-electron chi connectivity index (χ4n) is 4.29. The second kappa shape index (κ2) is 9.14. The van der Waals surface area contributed by atoms with Crippen LogP contribution in [0.2, 0.25) is 0 Å². The summed E-state index contributed by atoms with van der Waals surface area (Å²) in [5, 5.41) is 0. The first-order valence-corrected chi connectivity index (χ1v) is 12.4. The van der Waals surface area contributed by atoms with Gasteiger partial charge >= 0.3 is 0 Å². The highest BCUT2D eigenvalue weighted by Gasteiger charge is 2.31. The number of hydrogen-bond donors (Lipinski definition) is 1. The van der Waals surface area contributed by atoms with Gasteiger partial charge in [0.25, 0.3) is 10.0 Å². The molecule has 0 saturated heterocycles. The van der Waals surface area contributed by atoms with E-state index < -0.39 is 10.0 Å². The second-order valence-corrected chi connectivity index (χ2v) is 10.1. The maximum absolute atomic E-state index is 13.0. The molecule has 8 heteroatoms. The number of hydrogen-bond acceptors (Lipinski definition) is 6. The standard InChI is InChI=1S/C23H31N3O4S/c1-4-30-19-13-18(14-19)16-5-7-20(8-6-16)31(27,28)25-22-15-17-9-11-26(2)12-10-21(17)24-23(22)29-3/h5-8,15,18-19,25H,4,9-14H2,1-3H3/t18-,19+. The van der Waals surface area contributed by atoms with Gasteiger partial charge in [0, 0.05) is 31.8 Å². The van der Waals surface area contributed by atoms with Gasteiger partial charge in [0.05, 0.1) is 18.1 Å². The van der Waals surface area contributed by atoms with Crippen LogP contribution in [0.4, 0.5) is 5.69 Å². The van der Waals surface area contributed by atoms with Gasteiger partial charge in [-0.1, -0.05) is 12.1 Å². The van der Waals surface area contributed by atoms with Crippen molar-refractivity contribution in [3.63, 3.8) is 0 Å². The highest BCUT2D eigenvalue weighted by Crippen LogP contribution is 2.39. The van der Waals surface area contributed by atoms with E-state index in [1.807, 2.05) is 25.1 Å². The molecule has 1 aromatic heterocycles. The molecule has 2 aliphatic rings. The van der Waals surface area contributed by atoms with Crippen LogP contribution in [0.15, 0.2) is 35.2 Å². The molecule has 0 amide bonds. The fraction of sp³-hybridized carbons (Fsp3) is 0.522. The van der Waals surface area contributed by atoms with E-state index in [0.717, 1.165) is 62.2 Å². The Labute approximate surface area is 184 Å². The molecule has 2 aromatic rings. The van der Waals surface area contributed by atoms with Gasteiger partial charge in [0.15, 0.2) is 0 Å². The Balaban J connectivity index is 1.51. The highest BCUT2D eigenvalue weighted by atomic mass is 32.2. The summed E-state index contributed by atoms with van der Waals surface area (Å²) in [4.78, 5) is 7.07. The summed E-state index contributed by atoms with van der Waals surface area (Å²) in [7, 11) is -0.155. The van der Waals surface area contributed by atoms with Crippen molar-refractivity contribution in [3.05, 3.63) is 47.2 Å². The molecule has 7 nitrogen and oxygen atoms in total. The van der Waals surface area contributed by atoms with Gasteiger partial charge in [0.2, 0.25) is 5.88 Å². The van der Waals surface area contributed by atoms with Crippen molar-refractivity contribution >= 4 is 15.7 Å². The van der Waals surface area contributed by atoms with Crippen molar-refractivity contribution in [3.8, 4) is 5.88 Å². The third-order valence-corrected chi connectivity index (χ3v) is 7.63. The summed E-state index contributed by atoms with van der Waals surface area (Å²) in [6, 6.07) is 9.02. The van der Waals surface area contributed by atoms with E-state index in [1.165, 1.54) is 7.11 Å². The molecule has 0 atom stereocenters. The molecule has 168 valence electrons. The lowest BCUT2D eigenvalue weighted by molar-refractivity contribution is -0.00319. The van der Waals surface area contributed by atoms with Crippen LogP contribution in [-0.4, -0.2) is 58.3 Å². The number of rotatable bonds is 7. The molecule has 0 spiro atoms. The zero-order valence-electron chi connectivity index (χ0n) is 18.4. The molecule has 1 N–H and O–H groups in total. The predicted molar refractivity (Wildman–Crippen MR) is 120 cm³/mol. The third kappa shape index (κ3) is 4.86. The molecular weight excluding hydrogens is 414 g/mol. The summed E-state index contributed by atoms with van der Waals surface area (Å²) in [6.45, 7) is 4.58. The van der Waals surface area contributed by atoms with Crippen LogP contribution in [0.5, 0.6) is 5.88 Å². The molecular formula is C23H31N3O4S. The van der Waals surface area contributed by atoms with Gasteiger partial charge in [-0.2, -0.15) is 0 Å². The number of aromatic nitrogens is 1. The summed E-state index contributed by atoms with van der Waals surface area (Å²) in [5.41, 5.74) is 3.57. The van der Waals surface area contributed by atoms with Crippen molar-refractivity contribution in [1.82, 2.24) is 9.88 Å². The molecule has 1 saturated carbocycles. The van der Waals surface area contributed by atoms with Crippen molar-refractivity contribution in [2.45, 2.75) is 49.5 Å². The number of nitrogens with zero attached hydrogens (tertiary/aromatic N) is 2. The number of fused-ring (bicyclic) bond motifs is 1. The van der Waals surface area contributed by atoms with Crippen LogP contribution in [0.3, 0.4) is 0 Å². The Morgan fingerprint density at radius 1 is 1.16 bits per heavy atom. The quantitative estimate of drug-likeness (QED) is 0.705. The molecule has 4 rings (SSSR count). The zero-order chi connectivity index (χ0) is 22.0. The molecule has 2 heterocycles.